The topological polar surface area (TPSA) is 88.6 Å². The predicted octanol–water partition coefficient (Wildman–Crippen LogP) is 2.84. The number of nitrogens with zero attached hydrogens (tertiary/aromatic N) is 2. The Morgan fingerprint density at radius 3 is 2.52 bits per heavy atom. The Labute approximate surface area is 156 Å². The normalized spacial score (nSPS) is 14.4. The van der Waals surface area contributed by atoms with Crippen LogP contribution in [0, 0.1) is 6.92 Å². The van der Waals surface area contributed by atoms with Gasteiger partial charge in [0.2, 0.25) is 0 Å². The summed E-state index contributed by atoms with van der Waals surface area (Å²) in [4.78, 5) is 17.6. The second-order valence-electron chi connectivity index (χ2n) is 6.22. The Bertz CT molecular complexity index is 1130. The van der Waals surface area contributed by atoms with Gasteiger partial charge in [0, 0.05) is 35.9 Å². The molecule has 1 aromatic heterocycles. The second kappa shape index (κ2) is 6.55. The second-order valence-corrected chi connectivity index (χ2v) is 7.77. The number of carbonyl (C=O) groups excluding carboxylic acids is 1. The van der Waals surface area contributed by atoms with Crippen LogP contribution in [0.4, 0.5) is 10.5 Å². The maximum absolute atomic E-state index is 12.6. The third-order valence-corrected chi connectivity index (χ3v) is 5.56. The van der Waals surface area contributed by atoms with Crippen molar-refractivity contribution in [2.75, 3.05) is 18.0 Å². The number of nitrogens with one attached hydrogen (secondary N) is 1. The first-order valence-corrected chi connectivity index (χ1v) is 9.80. The molecule has 3 aromatic rings. The lowest BCUT2D eigenvalue weighted by Crippen LogP contribution is -2.27. The molecule has 27 heavy (non-hydrogen) atoms. The quantitative estimate of drug-likeness (QED) is 0.700. The first kappa shape index (κ1) is 17.3. The van der Waals surface area contributed by atoms with Gasteiger partial charge in [0.05, 0.1) is 5.52 Å². The summed E-state index contributed by atoms with van der Waals surface area (Å²) in [5, 5.41) is 3.60. The number of benzene rings is 2. The molecule has 4 rings (SSSR count). The first-order valence-electron chi connectivity index (χ1n) is 8.40. The maximum Gasteiger partial charge on any atom is 0.339 e. The van der Waals surface area contributed by atoms with E-state index in [1.165, 1.54) is 12.1 Å². The monoisotopic (exact) mass is 383 g/mol. The number of urea groups is 1. The van der Waals surface area contributed by atoms with Crippen LogP contribution in [0.5, 0.6) is 5.75 Å². The van der Waals surface area contributed by atoms with E-state index in [4.69, 9.17) is 4.18 Å². The molecular weight excluding hydrogens is 366 g/mol. The van der Waals surface area contributed by atoms with E-state index >= 15 is 0 Å². The van der Waals surface area contributed by atoms with Gasteiger partial charge in [-0.2, -0.15) is 8.42 Å². The van der Waals surface area contributed by atoms with E-state index in [2.05, 4.69) is 10.3 Å². The third kappa shape index (κ3) is 3.43. The van der Waals surface area contributed by atoms with Gasteiger partial charge in [-0.3, -0.25) is 9.88 Å². The molecule has 0 bridgehead atoms. The number of carbonyl (C=O) groups is 1. The average Bonchev–Trinajstić information content (AvgIpc) is 3.07. The molecule has 138 valence electrons. The fourth-order valence-electron chi connectivity index (χ4n) is 2.94. The van der Waals surface area contributed by atoms with Crippen molar-refractivity contribution in [3.05, 3.63) is 60.3 Å². The number of fused-ring (bicyclic) bond motifs is 1. The number of anilines is 1. The highest BCUT2D eigenvalue weighted by Crippen LogP contribution is 2.25. The maximum atomic E-state index is 12.6. The lowest BCUT2D eigenvalue weighted by molar-refractivity contribution is 0.252. The Morgan fingerprint density at radius 1 is 1.07 bits per heavy atom. The number of hydrogen-bond acceptors (Lipinski definition) is 5. The van der Waals surface area contributed by atoms with Gasteiger partial charge >= 0.3 is 16.1 Å². The predicted molar refractivity (Wildman–Crippen MR) is 101 cm³/mol. The van der Waals surface area contributed by atoms with Crippen LogP contribution in [0.25, 0.3) is 10.9 Å². The van der Waals surface area contributed by atoms with E-state index in [0.29, 0.717) is 24.3 Å². The van der Waals surface area contributed by atoms with E-state index in [1.54, 1.807) is 35.2 Å². The van der Waals surface area contributed by atoms with Crippen LogP contribution in [0.3, 0.4) is 0 Å². The van der Waals surface area contributed by atoms with Crippen LogP contribution < -0.4 is 14.4 Å². The molecule has 2 amide bonds. The highest BCUT2D eigenvalue weighted by atomic mass is 32.2. The van der Waals surface area contributed by atoms with Crippen LogP contribution >= 0.6 is 0 Å². The van der Waals surface area contributed by atoms with Gasteiger partial charge in [-0.25, -0.2) is 4.79 Å². The number of aryl methyl sites for hydroxylation is 1. The van der Waals surface area contributed by atoms with E-state index in [0.717, 1.165) is 11.1 Å². The summed E-state index contributed by atoms with van der Waals surface area (Å²) in [6.45, 7) is 2.98. The highest BCUT2D eigenvalue weighted by Gasteiger charge is 2.22. The molecule has 0 unspecified atom stereocenters. The molecule has 1 fully saturated rings. The van der Waals surface area contributed by atoms with Crippen molar-refractivity contribution in [3.8, 4) is 5.75 Å². The van der Waals surface area contributed by atoms with Crippen LogP contribution in [-0.2, 0) is 10.1 Å². The van der Waals surface area contributed by atoms with Gasteiger partial charge in [-0.05, 0) is 49.4 Å². The summed E-state index contributed by atoms with van der Waals surface area (Å²) in [5.74, 6) is 0.198. The van der Waals surface area contributed by atoms with E-state index in [1.807, 2.05) is 19.1 Å². The van der Waals surface area contributed by atoms with Crippen molar-refractivity contribution in [2.45, 2.75) is 11.8 Å². The first-order chi connectivity index (χ1) is 12.9. The van der Waals surface area contributed by atoms with Crippen molar-refractivity contribution in [2.24, 2.45) is 0 Å². The van der Waals surface area contributed by atoms with E-state index < -0.39 is 10.1 Å². The molecule has 0 radical (unpaired) electrons. The Kier molecular flexibility index (Phi) is 4.19. The van der Waals surface area contributed by atoms with Crippen molar-refractivity contribution >= 4 is 32.7 Å². The van der Waals surface area contributed by atoms with Crippen molar-refractivity contribution < 1.29 is 17.4 Å². The summed E-state index contributed by atoms with van der Waals surface area (Å²) in [7, 11) is -3.99. The Hall–Kier alpha value is -3.13. The van der Waals surface area contributed by atoms with Gasteiger partial charge < -0.3 is 9.50 Å². The van der Waals surface area contributed by atoms with Gasteiger partial charge in [0.1, 0.15) is 10.6 Å². The van der Waals surface area contributed by atoms with Crippen molar-refractivity contribution in [1.29, 1.82) is 0 Å². The molecule has 1 saturated heterocycles. The Balaban J connectivity index is 1.59. The van der Waals surface area contributed by atoms with Gasteiger partial charge in [0.25, 0.3) is 0 Å². The molecule has 8 heteroatoms. The standard InChI is InChI=1S/C19H17N3O4S/c1-13-2-3-14-4-7-16(12-18(14)21-13)26-27(24,25)17-8-5-15(6-9-17)22-11-10-20-19(22)23/h2-9,12H,10-11H2,1H3,(H,20,23). The molecule has 0 aliphatic carbocycles. The molecule has 0 spiro atoms. The van der Waals surface area contributed by atoms with Gasteiger partial charge in [0.15, 0.2) is 0 Å². The summed E-state index contributed by atoms with van der Waals surface area (Å²) in [6, 6.07) is 14.6. The molecule has 1 aliphatic heterocycles. The summed E-state index contributed by atoms with van der Waals surface area (Å²) < 4.78 is 30.4. The largest absolute Gasteiger partial charge is 0.379 e. The average molecular weight is 383 g/mol. The van der Waals surface area contributed by atoms with E-state index in [9.17, 15) is 13.2 Å². The number of aromatic nitrogens is 1. The minimum atomic E-state index is -3.99. The number of hydrogen-bond donors (Lipinski definition) is 1. The molecule has 2 heterocycles. The molecule has 1 aliphatic rings. The van der Waals surface area contributed by atoms with Gasteiger partial charge in [-0.1, -0.05) is 6.07 Å². The lowest BCUT2D eigenvalue weighted by Gasteiger charge is -2.14. The highest BCUT2D eigenvalue weighted by molar-refractivity contribution is 7.87. The lowest BCUT2D eigenvalue weighted by atomic mass is 10.2. The fraction of sp³-hybridized carbons (Fsp3) is 0.158. The Morgan fingerprint density at radius 2 is 1.81 bits per heavy atom. The summed E-state index contributed by atoms with van der Waals surface area (Å²) >= 11 is 0. The fourth-order valence-corrected chi connectivity index (χ4v) is 3.86. The number of amides is 2. The zero-order valence-electron chi connectivity index (χ0n) is 14.5. The summed E-state index contributed by atoms with van der Waals surface area (Å²) in [5.41, 5.74) is 2.14. The van der Waals surface area contributed by atoms with Crippen molar-refractivity contribution in [3.63, 3.8) is 0 Å². The van der Waals surface area contributed by atoms with Crippen molar-refractivity contribution in [1.82, 2.24) is 10.3 Å². The van der Waals surface area contributed by atoms with Crippen LogP contribution in [0.2, 0.25) is 0 Å². The van der Waals surface area contributed by atoms with Gasteiger partial charge in [-0.15, -0.1) is 0 Å². The van der Waals surface area contributed by atoms with E-state index in [-0.39, 0.29) is 16.7 Å². The molecule has 0 saturated carbocycles. The molecular formula is C19H17N3O4S. The molecule has 0 atom stereocenters. The summed E-state index contributed by atoms with van der Waals surface area (Å²) in [6.07, 6.45) is 0. The molecule has 1 N–H and O–H groups in total. The minimum absolute atomic E-state index is 0.0168. The number of rotatable bonds is 4. The zero-order chi connectivity index (χ0) is 19.0. The smallest absolute Gasteiger partial charge is 0.339 e. The third-order valence-electron chi connectivity index (χ3n) is 4.30. The molecule has 7 nitrogen and oxygen atoms in total. The SMILES string of the molecule is Cc1ccc2ccc(OS(=O)(=O)c3ccc(N4CCNC4=O)cc3)cc2n1. The van der Waals surface area contributed by atoms with Crippen LogP contribution in [-0.4, -0.2) is 32.5 Å². The minimum Gasteiger partial charge on any atom is -0.379 e. The van der Waals surface area contributed by atoms with Crippen LogP contribution in [0.1, 0.15) is 5.69 Å². The van der Waals surface area contributed by atoms with Crippen LogP contribution in [0.15, 0.2) is 59.5 Å². The zero-order valence-corrected chi connectivity index (χ0v) is 15.4. The number of pyridine rings is 1. The molecule has 2 aromatic carbocycles.